The maximum Gasteiger partial charge on any atom is 0.182 e. The van der Waals surface area contributed by atoms with E-state index in [0.29, 0.717) is 20.8 Å². The Morgan fingerprint density at radius 2 is 2.10 bits per heavy atom. The fraction of sp³-hybridized carbons (Fsp3) is 0.0714. The van der Waals surface area contributed by atoms with E-state index in [1.54, 1.807) is 22.8 Å². The first-order valence-electron chi connectivity index (χ1n) is 5.95. The van der Waals surface area contributed by atoms with Crippen molar-refractivity contribution >= 4 is 50.8 Å². The third kappa shape index (κ3) is 2.47. The van der Waals surface area contributed by atoms with Crippen LogP contribution in [-0.2, 0) is 0 Å². The third-order valence-electron chi connectivity index (χ3n) is 3.10. The number of halogens is 3. The van der Waals surface area contributed by atoms with Gasteiger partial charge in [-0.15, -0.1) is 0 Å². The summed E-state index contributed by atoms with van der Waals surface area (Å²) < 4.78 is 21.9. The van der Waals surface area contributed by atoms with Crippen LogP contribution in [0.15, 0.2) is 34.8 Å². The summed E-state index contributed by atoms with van der Waals surface area (Å²) in [4.78, 5) is 2.98. The number of benzene rings is 2. The molecule has 2 aromatic carbocycles. The molecule has 1 heterocycles. The molecule has 0 bridgehead atoms. The lowest BCUT2D eigenvalue weighted by Crippen LogP contribution is -1.96. The number of rotatable bonds is 2. The summed E-state index contributed by atoms with van der Waals surface area (Å²) in [7, 11) is 1.42. The van der Waals surface area contributed by atoms with Crippen molar-refractivity contribution in [3.05, 3.63) is 50.4 Å². The maximum absolute atomic E-state index is 13.8. The van der Waals surface area contributed by atoms with Gasteiger partial charge >= 0.3 is 0 Å². The number of ether oxygens (including phenoxy) is 1. The molecule has 0 saturated carbocycles. The van der Waals surface area contributed by atoms with Crippen molar-refractivity contribution in [1.29, 1.82) is 0 Å². The van der Waals surface area contributed by atoms with Crippen LogP contribution in [0.25, 0.3) is 16.7 Å². The zero-order chi connectivity index (χ0) is 15.1. The van der Waals surface area contributed by atoms with Gasteiger partial charge in [-0.1, -0.05) is 11.6 Å². The molecule has 0 amide bonds. The number of aromatic nitrogens is 2. The quantitative estimate of drug-likeness (QED) is 0.609. The average molecular weight is 388 g/mol. The minimum Gasteiger partial charge on any atom is -0.494 e. The Morgan fingerprint density at radius 3 is 2.81 bits per heavy atom. The number of nitrogens with zero attached hydrogens (tertiary/aromatic N) is 1. The van der Waals surface area contributed by atoms with E-state index in [-0.39, 0.29) is 5.75 Å². The first kappa shape index (κ1) is 14.6. The highest BCUT2D eigenvalue weighted by atomic mass is 79.9. The summed E-state index contributed by atoms with van der Waals surface area (Å²) >= 11 is 14.9. The van der Waals surface area contributed by atoms with Crippen LogP contribution in [0.5, 0.6) is 5.75 Å². The fourth-order valence-electron chi connectivity index (χ4n) is 2.16. The molecule has 3 rings (SSSR count). The molecule has 0 aliphatic rings. The Bertz CT molecular complexity index is 906. The molecule has 0 aliphatic carbocycles. The first-order chi connectivity index (χ1) is 10.0. The van der Waals surface area contributed by atoms with E-state index in [1.165, 1.54) is 13.2 Å². The van der Waals surface area contributed by atoms with Crippen LogP contribution in [0.4, 0.5) is 4.39 Å². The van der Waals surface area contributed by atoms with E-state index in [1.807, 2.05) is 6.07 Å². The highest BCUT2D eigenvalue weighted by Gasteiger charge is 2.13. The lowest BCUT2D eigenvalue weighted by atomic mass is 10.2. The topological polar surface area (TPSA) is 29.9 Å². The van der Waals surface area contributed by atoms with Gasteiger partial charge in [0.05, 0.1) is 23.8 Å². The molecule has 0 aliphatic heterocycles. The number of methoxy groups -OCH3 is 1. The van der Waals surface area contributed by atoms with E-state index in [9.17, 15) is 4.39 Å². The second kappa shape index (κ2) is 5.44. The van der Waals surface area contributed by atoms with Gasteiger partial charge in [0.2, 0.25) is 0 Å². The molecule has 0 unspecified atom stereocenters. The van der Waals surface area contributed by atoms with E-state index in [0.717, 1.165) is 10.2 Å². The molecule has 1 aromatic heterocycles. The number of aromatic amines is 1. The van der Waals surface area contributed by atoms with Gasteiger partial charge in [0.1, 0.15) is 0 Å². The monoisotopic (exact) mass is 386 g/mol. The molecule has 7 heteroatoms. The van der Waals surface area contributed by atoms with E-state index >= 15 is 0 Å². The summed E-state index contributed by atoms with van der Waals surface area (Å²) in [6.45, 7) is 0. The van der Waals surface area contributed by atoms with Gasteiger partial charge in [0.25, 0.3) is 0 Å². The summed E-state index contributed by atoms with van der Waals surface area (Å²) in [5.41, 5.74) is 2.07. The molecule has 0 spiro atoms. The minimum absolute atomic E-state index is 0.156. The second-order valence-electron chi connectivity index (χ2n) is 4.37. The Morgan fingerprint density at radius 1 is 1.33 bits per heavy atom. The van der Waals surface area contributed by atoms with Crippen molar-refractivity contribution in [1.82, 2.24) is 9.55 Å². The lowest BCUT2D eigenvalue weighted by molar-refractivity contribution is 0.387. The number of fused-ring (bicyclic) bond motifs is 1. The van der Waals surface area contributed by atoms with Crippen molar-refractivity contribution in [3.63, 3.8) is 0 Å². The Kier molecular flexibility index (Phi) is 3.77. The molecule has 3 aromatic rings. The van der Waals surface area contributed by atoms with Crippen LogP contribution in [0.2, 0.25) is 5.02 Å². The smallest absolute Gasteiger partial charge is 0.182 e. The van der Waals surface area contributed by atoms with Crippen molar-refractivity contribution in [3.8, 4) is 11.4 Å². The van der Waals surface area contributed by atoms with Crippen LogP contribution in [0, 0.1) is 10.6 Å². The number of hydrogen-bond donors (Lipinski definition) is 1. The molecule has 0 fully saturated rings. The Balaban J connectivity index is 2.39. The van der Waals surface area contributed by atoms with Crippen molar-refractivity contribution < 1.29 is 9.13 Å². The predicted octanol–water partition coefficient (Wildman–Crippen LogP) is 5.25. The molecular formula is C14H9BrClFN2OS. The molecule has 0 radical (unpaired) electrons. The van der Waals surface area contributed by atoms with Crippen molar-refractivity contribution in [2.24, 2.45) is 0 Å². The van der Waals surface area contributed by atoms with Gasteiger partial charge in [-0.25, -0.2) is 4.39 Å². The molecule has 108 valence electrons. The van der Waals surface area contributed by atoms with E-state index in [2.05, 4.69) is 20.9 Å². The summed E-state index contributed by atoms with van der Waals surface area (Å²) in [6.07, 6.45) is 0. The lowest BCUT2D eigenvalue weighted by Gasteiger charge is -2.09. The second-order valence-corrected chi connectivity index (χ2v) is 6.04. The van der Waals surface area contributed by atoms with Gasteiger partial charge < -0.3 is 9.72 Å². The van der Waals surface area contributed by atoms with E-state index < -0.39 is 5.82 Å². The normalized spacial score (nSPS) is 11.0. The van der Waals surface area contributed by atoms with Gasteiger partial charge in [-0.3, -0.25) is 4.57 Å². The predicted molar refractivity (Wildman–Crippen MR) is 87.7 cm³/mol. The highest BCUT2D eigenvalue weighted by Crippen LogP contribution is 2.31. The molecule has 0 saturated heterocycles. The van der Waals surface area contributed by atoms with Crippen LogP contribution >= 0.6 is 39.7 Å². The standard InChI is InChI=1S/C14H9BrClFN2OS/c1-20-13-6-12-10(5-9(13)17)18-14(21)19(12)11-4-7(16)2-3-8(11)15/h2-6H,1H3,(H,18,21). The summed E-state index contributed by atoms with van der Waals surface area (Å²) in [5, 5.41) is 0.582. The number of nitrogens with one attached hydrogen (secondary N) is 1. The average Bonchev–Trinajstić information content (AvgIpc) is 2.75. The van der Waals surface area contributed by atoms with Crippen LogP contribution in [-0.4, -0.2) is 16.7 Å². The third-order valence-corrected chi connectivity index (χ3v) is 4.30. The van der Waals surface area contributed by atoms with Crippen molar-refractivity contribution in [2.45, 2.75) is 0 Å². The number of imidazole rings is 1. The zero-order valence-corrected chi connectivity index (χ0v) is 13.9. The van der Waals surface area contributed by atoms with E-state index in [4.69, 9.17) is 28.6 Å². The molecule has 0 atom stereocenters. The van der Waals surface area contributed by atoms with Gasteiger partial charge in [0, 0.05) is 21.6 Å². The first-order valence-corrected chi connectivity index (χ1v) is 7.53. The minimum atomic E-state index is -0.446. The summed E-state index contributed by atoms with van der Waals surface area (Å²) in [5.74, 6) is -0.290. The van der Waals surface area contributed by atoms with Crippen LogP contribution in [0.3, 0.4) is 0 Å². The van der Waals surface area contributed by atoms with Crippen LogP contribution < -0.4 is 4.74 Å². The Labute approximate surface area is 138 Å². The van der Waals surface area contributed by atoms with Gasteiger partial charge in [-0.2, -0.15) is 0 Å². The summed E-state index contributed by atoms with van der Waals surface area (Å²) in [6, 6.07) is 8.35. The molecular weight excluding hydrogens is 379 g/mol. The van der Waals surface area contributed by atoms with Crippen LogP contribution in [0.1, 0.15) is 0 Å². The zero-order valence-electron chi connectivity index (χ0n) is 10.8. The molecule has 21 heavy (non-hydrogen) atoms. The Hall–Kier alpha value is -1.37. The maximum atomic E-state index is 13.8. The van der Waals surface area contributed by atoms with Crippen molar-refractivity contribution in [2.75, 3.05) is 7.11 Å². The fourth-order valence-corrected chi connectivity index (χ4v) is 3.06. The molecule has 1 N–H and O–H groups in total. The highest BCUT2D eigenvalue weighted by molar-refractivity contribution is 9.10. The molecule has 3 nitrogen and oxygen atoms in total. The van der Waals surface area contributed by atoms with Gasteiger partial charge in [0.15, 0.2) is 16.3 Å². The number of H-pyrrole nitrogens is 1. The van der Waals surface area contributed by atoms with Gasteiger partial charge in [-0.05, 0) is 46.3 Å². The largest absolute Gasteiger partial charge is 0.494 e. The SMILES string of the molecule is COc1cc2c(cc1F)[nH]c(=S)n2-c1cc(Cl)ccc1Br. The number of hydrogen-bond acceptors (Lipinski definition) is 2.